The Morgan fingerprint density at radius 3 is 2.54 bits per heavy atom. The van der Waals surface area contributed by atoms with Crippen LogP contribution in [0.25, 0.3) is 0 Å². The lowest BCUT2D eigenvalue weighted by atomic mass is 10.1. The number of nitrogens with one attached hydrogen (secondary N) is 4. The number of fused-ring (bicyclic) bond motifs is 1. The highest BCUT2D eigenvalue weighted by atomic mass is 16.5. The van der Waals surface area contributed by atoms with Crippen LogP contribution in [0.5, 0.6) is 5.75 Å². The smallest absolute Gasteiger partial charge is 0.255 e. The third-order valence-electron chi connectivity index (χ3n) is 6.25. The summed E-state index contributed by atoms with van der Waals surface area (Å²) in [6, 6.07) is 3.55. The zero-order valence-electron chi connectivity index (χ0n) is 21.1. The molecular formula is C25H36N6O6. The summed E-state index contributed by atoms with van der Waals surface area (Å²) < 4.78 is 5.77. The molecule has 0 saturated carbocycles. The zero-order chi connectivity index (χ0) is 26.8. The van der Waals surface area contributed by atoms with Gasteiger partial charge in [-0.15, -0.1) is 0 Å². The molecular weight excluding hydrogens is 480 g/mol. The number of benzene rings is 1. The number of primary amides is 1. The van der Waals surface area contributed by atoms with E-state index in [1.54, 1.807) is 31.2 Å². The van der Waals surface area contributed by atoms with E-state index in [0.29, 0.717) is 13.1 Å². The summed E-state index contributed by atoms with van der Waals surface area (Å²) in [7, 11) is 0. The van der Waals surface area contributed by atoms with Crippen LogP contribution in [0.2, 0.25) is 0 Å². The number of nitrogens with two attached hydrogens (primary N) is 1. The summed E-state index contributed by atoms with van der Waals surface area (Å²) >= 11 is 0. The van der Waals surface area contributed by atoms with Crippen molar-refractivity contribution >= 4 is 29.5 Å². The Hall–Kier alpha value is -3.67. The molecule has 1 aromatic carbocycles. The minimum Gasteiger partial charge on any atom is -0.491 e. The summed E-state index contributed by atoms with van der Waals surface area (Å²) in [4.78, 5) is 65.5. The first-order valence-electron chi connectivity index (χ1n) is 12.6. The number of carbonyl (C=O) groups is 5. The SMILES string of the molecule is C[C@@H]1COc2ccccc2C(=O)N[C@H](C(=O)NCCN2CCCCC2)CC(=O)N[C@@H](CC(N)=O)C(=O)N1. The molecule has 2 aliphatic rings. The highest BCUT2D eigenvalue weighted by Gasteiger charge is 2.30. The molecule has 2 heterocycles. The molecule has 1 saturated heterocycles. The van der Waals surface area contributed by atoms with Crippen molar-refractivity contribution in [1.82, 2.24) is 26.2 Å². The summed E-state index contributed by atoms with van der Waals surface area (Å²) in [5.74, 6) is -2.93. The molecule has 0 unspecified atom stereocenters. The fourth-order valence-corrected chi connectivity index (χ4v) is 4.32. The van der Waals surface area contributed by atoms with Gasteiger partial charge in [0, 0.05) is 13.1 Å². The first-order valence-corrected chi connectivity index (χ1v) is 12.6. The van der Waals surface area contributed by atoms with Gasteiger partial charge in [-0.1, -0.05) is 18.6 Å². The lowest BCUT2D eigenvalue weighted by Crippen LogP contribution is -2.54. The number of likely N-dealkylation sites (tertiary alicyclic amines) is 1. The minimum absolute atomic E-state index is 0.0215. The summed E-state index contributed by atoms with van der Waals surface area (Å²) in [5.41, 5.74) is 5.46. The average Bonchev–Trinajstić information content (AvgIpc) is 2.86. The predicted molar refractivity (Wildman–Crippen MR) is 134 cm³/mol. The Balaban J connectivity index is 1.79. The van der Waals surface area contributed by atoms with E-state index < -0.39 is 60.5 Å². The van der Waals surface area contributed by atoms with Gasteiger partial charge in [0.25, 0.3) is 5.91 Å². The molecule has 2 aliphatic heterocycles. The van der Waals surface area contributed by atoms with Crippen molar-refractivity contribution in [3.05, 3.63) is 29.8 Å². The highest BCUT2D eigenvalue weighted by Crippen LogP contribution is 2.19. The van der Waals surface area contributed by atoms with Crippen LogP contribution in [0.4, 0.5) is 0 Å². The van der Waals surface area contributed by atoms with E-state index in [4.69, 9.17) is 10.5 Å². The molecule has 202 valence electrons. The van der Waals surface area contributed by atoms with E-state index in [1.807, 2.05) is 0 Å². The Morgan fingerprint density at radius 1 is 1.08 bits per heavy atom. The van der Waals surface area contributed by atoms with Gasteiger partial charge in [0.1, 0.15) is 24.4 Å². The predicted octanol–water partition coefficient (Wildman–Crippen LogP) is -0.965. The molecule has 12 heteroatoms. The topological polar surface area (TPSA) is 172 Å². The second-order valence-corrected chi connectivity index (χ2v) is 9.43. The first kappa shape index (κ1) is 27.9. The van der Waals surface area contributed by atoms with E-state index in [0.717, 1.165) is 25.9 Å². The van der Waals surface area contributed by atoms with Gasteiger partial charge in [-0.25, -0.2) is 0 Å². The van der Waals surface area contributed by atoms with Crippen LogP contribution in [-0.4, -0.2) is 85.3 Å². The fourth-order valence-electron chi connectivity index (χ4n) is 4.32. The van der Waals surface area contributed by atoms with Crippen LogP contribution in [0.3, 0.4) is 0 Å². The Labute approximate surface area is 216 Å². The average molecular weight is 517 g/mol. The number of piperidine rings is 1. The van der Waals surface area contributed by atoms with Crippen LogP contribution in [0.15, 0.2) is 24.3 Å². The van der Waals surface area contributed by atoms with Crippen molar-refractivity contribution in [3.8, 4) is 5.75 Å². The molecule has 5 amide bonds. The molecule has 0 aromatic heterocycles. The molecule has 1 aromatic rings. The van der Waals surface area contributed by atoms with E-state index in [1.165, 1.54) is 6.42 Å². The lowest BCUT2D eigenvalue weighted by molar-refractivity contribution is -0.133. The maximum atomic E-state index is 13.1. The molecule has 0 spiro atoms. The van der Waals surface area contributed by atoms with Gasteiger partial charge < -0.3 is 36.6 Å². The molecule has 1 fully saturated rings. The van der Waals surface area contributed by atoms with Crippen molar-refractivity contribution < 1.29 is 28.7 Å². The highest BCUT2D eigenvalue weighted by molar-refractivity contribution is 6.01. The maximum Gasteiger partial charge on any atom is 0.255 e. The molecule has 12 nitrogen and oxygen atoms in total. The molecule has 0 bridgehead atoms. The third-order valence-corrected chi connectivity index (χ3v) is 6.25. The van der Waals surface area contributed by atoms with Crippen LogP contribution in [-0.2, 0) is 19.2 Å². The van der Waals surface area contributed by atoms with Crippen LogP contribution in [0.1, 0.15) is 49.4 Å². The van der Waals surface area contributed by atoms with Crippen molar-refractivity contribution in [2.24, 2.45) is 5.73 Å². The van der Waals surface area contributed by atoms with E-state index in [9.17, 15) is 24.0 Å². The molecule has 37 heavy (non-hydrogen) atoms. The number of para-hydroxylation sites is 1. The minimum atomic E-state index is -1.24. The van der Waals surface area contributed by atoms with Crippen molar-refractivity contribution in [2.75, 3.05) is 32.8 Å². The van der Waals surface area contributed by atoms with Gasteiger partial charge in [0.15, 0.2) is 0 Å². The third kappa shape index (κ3) is 8.74. The van der Waals surface area contributed by atoms with Gasteiger partial charge in [-0.05, 0) is 45.0 Å². The molecule has 3 atom stereocenters. The van der Waals surface area contributed by atoms with Gasteiger partial charge in [0.05, 0.1) is 24.4 Å². The number of carbonyl (C=O) groups excluding carboxylic acids is 5. The largest absolute Gasteiger partial charge is 0.491 e. The molecule has 3 rings (SSSR count). The van der Waals surface area contributed by atoms with E-state index in [-0.39, 0.29) is 17.9 Å². The van der Waals surface area contributed by atoms with Crippen molar-refractivity contribution in [3.63, 3.8) is 0 Å². The van der Waals surface area contributed by atoms with Crippen molar-refractivity contribution in [2.45, 2.75) is 57.2 Å². The lowest BCUT2D eigenvalue weighted by Gasteiger charge is -2.27. The summed E-state index contributed by atoms with van der Waals surface area (Å²) in [6.07, 6.45) is 2.57. The van der Waals surface area contributed by atoms with Gasteiger partial charge >= 0.3 is 0 Å². The van der Waals surface area contributed by atoms with Gasteiger partial charge in [-0.3, -0.25) is 24.0 Å². The fraction of sp³-hybridized carbons (Fsp3) is 0.560. The monoisotopic (exact) mass is 516 g/mol. The number of nitrogens with zero attached hydrogens (tertiary/aromatic N) is 1. The number of amides is 5. The molecule has 6 N–H and O–H groups in total. The quantitative estimate of drug-likeness (QED) is 0.324. The second-order valence-electron chi connectivity index (χ2n) is 9.43. The number of rotatable bonds is 6. The number of hydrogen-bond acceptors (Lipinski definition) is 7. The van der Waals surface area contributed by atoms with Gasteiger partial charge in [0.2, 0.25) is 23.6 Å². The van der Waals surface area contributed by atoms with Crippen LogP contribution < -0.4 is 31.7 Å². The second kappa shape index (κ2) is 13.6. The Bertz CT molecular complexity index is 996. The van der Waals surface area contributed by atoms with Crippen molar-refractivity contribution in [1.29, 1.82) is 0 Å². The van der Waals surface area contributed by atoms with Crippen LogP contribution >= 0.6 is 0 Å². The number of ether oxygens (including phenoxy) is 1. The maximum absolute atomic E-state index is 13.1. The van der Waals surface area contributed by atoms with Crippen LogP contribution in [0, 0.1) is 0 Å². The Kier molecular flexibility index (Phi) is 10.2. The van der Waals surface area contributed by atoms with E-state index >= 15 is 0 Å². The number of hydrogen-bond donors (Lipinski definition) is 5. The normalized spacial score (nSPS) is 23.8. The first-order chi connectivity index (χ1) is 17.7. The van der Waals surface area contributed by atoms with Gasteiger partial charge in [-0.2, -0.15) is 0 Å². The Morgan fingerprint density at radius 2 is 1.81 bits per heavy atom. The summed E-state index contributed by atoms with van der Waals surface area (Å²) in [5, 5.41) is 10.6. The molecule has 0 aliphatic carbocycles. The zero-order valence-corrected chi connectivity index (χ0v) is 21.1. The van der Waals surface area contributed by atoms with E-state index in [2.05, 4.69) is 26.2 Å². The summed E-state index contributed by atoms with van der Waals surface area (Å²) in [6.45, 7) is 4.66. The standard InChI is InChI=1S/C25H36N6O6/c1-16-15-37-20-8-4-3-7-17(20)23(34)30-19(24(35)27-9-12-31-10-5-2-6-11-31)14-22(33)29-18(13-21(26)32)25(36)28-16/h3-4,7-8,16,18-19H,2,5-6,9-15H2,1H3,(H2,26,32)(H,27,35)(H,28,36)(H,29,33)(H,30,34)/t16-,18+,19+/m1/s1. The molecule has 0 radical (unpaired) electrons.